The highest BCUT2D eigenvalue weighted by Crippen LogP contribution is 2.23. The van der Waals surface area contributed by atoms with Crippen LogP contribution in [0.15, 0.2) is 41.0 Å². The summed E-state index contributed by atoms with van der Waals surface area (Å²) in [5.41, 5.74) is 6.17. The number of carbonyl (C=O) groups excluding carboxylic acids is 1. The van der Waals surface area contributed by atoms with Crippen molar-refractivity contribution in [2.24, 2.45) is 0 Å². The van der Waals surface area contributed by atoms with Crippen molar-refractivity contribution < 1.29 is 9.90 Å². The molecule has 1 aromatic carbocycles. The molecule has 4 N–H and O–H groups in total. The van der Waals surface area contributed by atoms with Crippen molar-refractivity contribution >= 4 is 33.3 Å². The van der Waals surface area contributed by atoms with Crippen molar-refractivity contribution in [2.45, 2.75) is 0 Å². The number of amides is 1. The molecule has 2 aromatic rings. The molecular weight excluding hydrogens is 298 g/mol. The maximum absolute atomic E-state index is 12.0. The second-order valence-electron chi connectivity index (χ2n) is 3.56. The van der Waals surface area contributed by atoms with Crippen LogP contribution in [0, 0.1) is 0 Å². The number of nitrogens with two attached hydrogens (primary N) is 1. The molecule has 0 fully saturated rings. The molecule has 5 nitrogen and oxygen atoms in total. The number of halogens is 1. The number of anilines is 2. The highest BCUT2D eigenvalue weighted by Gasteiger charge is 2.13. The number of carbonyl (C=O) groups is 1. The van der Waals surface area contributed by atoms with Crippen molar-refractivity contribution in [1.82, 2.24) is 4.98 Å². The van der Waals surface area contributed by atoms with Crippen molar-refractivity contribution in [2.75, 3.05) is 11.1 Å². The summed E-state index contributed by atoms with van der Waals surface area (Å²) < 4.78 is 0.694. The Morgan fingerprint density at radius 1 is 1.39 bits per heavy atom. The second-order valence-corrected chi connectivity index (χ2v) is 4.47. The number of rotatable bonds is 2. The van der Waals surface area contributed by atoms with Crippen LogP contribution in [-0.2, 0) is 0 Å². The van der Waals surface area contributed by atoms with Gasteiger partial charge in [-0.3, -0.25) is 4.79 Å². The lowest BCUT2D eigenvalue weighted by Crippen LogP contribution is -2.14. The van der Waals surface area contributed by atoms with Crippen molar-refractivity contribution in [3.05, 3.63) is 46.6 Å². The quantitative estimate of drug-likeness (QED) is 0.795. The number of nitrogen functional groups attached to an aromatic ring is 1. The Kier molecular flexibility index (Phi) is 3.47. The van der Waals surface area contributed by atoms with Crippen LogP contribution < -0.4 is 11.1 Å². The number of nitrogens with one attached hydrogen (secondary N) is 1. The van der Waals surface area contributed by atoms with Gasteiger partial charge in [-0.2, -0.15) is 0 Å². The predicted molar refractivity (Wildman–Crippen MR) is 72.4 cm³/mol. The molecule has 92 valence electrons. The van der Waals surface area contributed by atoms with E-state index in [0.717, 1.165) is 0 Å². The average Bonchev–Trinajstić information content (AvgIpc) is 2.35. The van der Waals surface area contributed by atoms with Gasteiger partial charge in [-0.25, -0.2) is 4.98 Å². The molecule has 18 heavy (non-hydrogen) atoms. The lowest BCUT2D eigenvalue weighted by Gasteiger charge is -2.08. The van der Waals surface area contributed by atoms with E-state index in [-0.39, 0.29) is 17.1 Å². The van der Waals surface area contributed by atoms with Gasteiger partial charge in [0, 0.05) is 10.7 Å². The molecule has 0 aliphatic heterocycles. The van der Waals surface area contributed by atoms with E-state index < -0.39 is 5.91 Å². The van der Waals surface area contributed by atoms with Crippen LogP contribution >= 0.6 is 15.9 Å². The summed E-state index contributed by atoms with van der Waals surface area (Å²) in [5, 5.41) is 12.2. The molecule has 0 radical (unpaired) electrons. The summed E-state index contributed by atoms with van der Waals surface area (Å²) in [7, 11) is 0. The molecule has 2 rings (SSSR count). The van der Waals surface area contributed by atoms with Gasteiger partial charge in [0.2, 0.25) is 0 Å². The third-order valence-corrected chi connectivity index (χ3v) is 2.77. The number of hydrogen-bond donors (Lipinski definition) is 3. The number of hydrogen-bond acceptors (Lipinski definition) is 4. The van der Waals surface area contributed by atoms with Crippen molar-refractivity contribution in [1.29, 1.82) is 0 Å². The first-order valence-corrected chi connectivity index (χ1v) is 5.87. The Morgan fingerprint density at radius 3 is 2.89 bits per heavy atom. The molecule has 0 bridgehead atoms. The van der Waals surface area contributed by atoms with Crippen LogP contribution in [0.3, 0.4) is 0 Å². The Labute approximate surface area is 112 Å². The largest absolute Gasteiger partial charge is 0.507 e. The first-order chi connectivity index (χ1) is 8.58. The fourth-order valence-electron chi connectivity index (χ4n) is 1.39. The topological polar surface area (TPSA) is 88.2 Å². The normalized spacial score (nSPS) is 10.1. The standard InChI is InChI=1S/C12H10BrN3O2/c13-7-3-4-10(17)8(6-7)12(18)16-11-9(14)2-1-5-15-11/h1-6,17H,14H2,(H,15,16,18). The first-order valence-electron chi connectivity index (χ1n) is 5.08. The summed E-state index contributed by atoms with van der Waals surface area (Å²) in [6, 6.07) is 7.89. The molecule has 0 aliphatic rings. The summed E-state index contributed by atoms with van der Waals surface area (Å²) in [4.78, 5) is 15.9. The Hall–Kier alpha value is -2.08. The predicted octanol–water partition coefficient (Wildman–Crippen LogP) is 2.38. The lowest BCUT2D eigenvalue weighted by molar-refractivity contribution is 0.102. The van der Waals surface area contributed by atoms with Crippen LogP contribution in [0.25, 0.3) is 0 Å². The number of phenols is 1. The minimum absolute atomic E-state index is 0.106. The van der Waals surface area contributed by atoms with Gasteiger partial charge >= 0.3 is 0 Å². The van der Waals surface area contributed by atoms with Crippen LogP contribution in [0.1, 0.15) is 10.4 Å². The zero-order chi connectivity index (χ0) is 13.1. The molecule has 1 amide bonds. The third-order valence-electron chi connectivity index (χ3n) is 2.27. The molecule has 0 saturated carbocycles. The van der Waals surface area contributed by atoms with Gasteiger partial charge in [-0.05, 0) is 30.3 Å². The maximum Gasteiger partial charge on any atom is 0.260 e. The van der Waals surface area contributed by atoms with Gasteiger partial charge in [-0.15, -0.1) is 0 Å². The van der Waals surface area contributed by atoms with Crippen LogP contribution in [0.2, 0.25) is 0 Å². The number of benzene rings is 1. The second kappa shape index (κ2) is 5.05. The molecule has 0 spiro atoms. The summed E-state index contributed by atoms with van der Waals surface area (Å²) >= 11 is 3.23. The fourth-order valence-corrected chi connectivity index (χ4v) is 1.75. The molecule has 0 aliphatic carbocycles. The zero-order valence-electron chi connectivity index (χ0n) is 9.22. The van der Waals surface area contributed by atoms with Gasteiger partial charge in [-0.1, -0.05) is 15.9 Å². The molecule has 6 heteroatoms. The van der Waals surface area contributed by atoms with Crippen LogP contribution in [0.5, 0.6) is 5.75 Å². The molecule has 0 saturated heterocycles. The van der Waals surface area contributed by atoms with E-state index in [2.05, 4.69) is 26.2 Å². The maximum atomic E-state index is 12.0. The Morgan fingerprint density at radius 2 is 2.17 bits per heavy atom. The zero-order valence-corrected chi connectivity index (χ0v) is 10.8. The van der Waals surface area contributed by atoms with E-state index in [1.807, 2.05) is 0 Å². The fraction of sp³-hybridized carbons (Fsp3) is 0. The average molecular weight is 308 g/mol. The monoisotopic (exact) mass is 307 g/mol. The summed E-state index contributed by atoms with van der Waals surface area (Å²) in [5.74, 6) is -0.314. The Bertz CT molecular complexity index is 602. The highest BCUT2D eigenvalue weighted by molar-refractivity contribution is 9.10. The van der Waals surface area contributed by atoms with Crippen LogP contribution in [0.4, 0.5) is 11.5 Å². The van der Waals surface area contributed by atoms with Gasteiger partial charge in [0.15, 0.2) is 5.82 Å². The smallest absolute Gasteiger partial charge is 0.260 e. The molecule has 1 heterocycles. The van der Waals surface area contributed by atoms with Crippen molar-refractivity contribution in [3.63, 3.8) is 0 Å². The van der Waals surface area contributed by atoms with E-state index in [1.54, 1.807) is 18.2 Å². The highest BCUT2D eigenvalue weighted by atomic mass is 79.9. The molecule has 0 atom stereocenters. The van der Waals surface area contributed by atoms with Gasteiger partial charge < -0.3 is 16.2 Å². The van der Waals surface area contributed by atoms with Gasteiger partial charge in [0.05, 0.1) is 11.3 Å². The van der Waals surface area contributed by atoms with Gasteiger partial charge in [0.25, 0.3) is 5.91 Å². The number of nitrogens with zero attached hydrogens (tertiary/aromatic N) is 1. The van der Waals surface area contributed by atoms with Crippen molar-refractivity contribution in [3.8, 4) is 5.75 Å². The number of aromatic nitrogens is 1. The minimum Gasteiger partial charge on any atom is -0.507 e. The first kappa shape index (κ1) is 12.4. The van der Waals surface area contributed by atoms with Crippen LogP contribution in [-0.4, -0.2) is 16.0 Å². The summed E-state index contributed by atoms with van der Waals surface area (Å²) in [6.45, 7) is 0. The third kappa shape index (κ3) is 2.60. The Balaban J connectivity index is 2.28. The number of pyridine rings is 1. The molecule has 0 unspecified atom stereocenters. The SMILES string of the molecule is Nc1cccnc1NC(=O)c1cc(Br)ccc1O. The van der Waals surface area contributed by atoms with Gasteiger partial charge in [0.1, 0.15) is 5.75 Å². The molecular formula is C12H10BrN3O2. The summed E-state index contributed by atoms with van der Waals surface area (Å²) in [6.07, 6.45) is 1.52. The lowest BCUT2D eigenvalue weighted by atomic mass is 10.2. The van der Waals surface area contributed by atoms with E-state index in [9.17, 15) is 9.90 Å². The van der Waals surface area contributed by atoms with E-state index in [4.69, 9.17) is 5.73 Å². The van der Waals surface area contributed by atoms with E-state index in [0.29, 0.717) is 10.2 Å². The number of phenolic OH excluding ortho intramolecular Hbond substituents is 1. The number of aromatic hydroxyl groups is 1. The van der Waals surface area contributed by atoms with E-state index in [1.165, 1.54) is 18.3 Å². The molecule has 1 aromatic heterocycles. The van der Waals surface area contributed by atoms with E-state index >= 15 is 0 Å². The minimum atomic E-state index is -0.473.